The van der Waals surface area contributed by atoms with Crippen LogP contribution in [0.25, 0.3) is 0 Å². The molecule has 1 unspecified atom stereocenters. The zero-order valence-electron chi connectivity index (χ0n) is 9.32. The number of rotatable bonds is 4. The van der Waals surface area contributed by atoms with Crippen molar-refractivity contribution < 1.29 is 4.74 Å². The summed E-state index contributed by atoms with van der Waals surface area (Å²) in [4.78, 5) is 0. The molecule has 1 rings (SSSR count). The second kappa shape index (κ2) is 5.38. The van der Waals surface area contributed by atoms with Gasteiger partial charge in [-0.25, -0.2) is 0 Å². The first-order valence-corrected chi connectivity index (χ1v) is 5.01. The highest BCUT2D eigenvalue weighted by atomic mass is 16.5. The third kappa shape index (κ3) is 3.26. The van der Waals surface area contributed by atoms with E-state index in [9.17, 15) is 0 Å². The Hall–Kier alpha value is -1.53. The van der Waals surface area contributed by atoms with E-state index in [1.165, 1.54) is 0 Å². The van der Waals surface area contributed by atoms with Crippen LogP contribution in [0.1, 0.15) is 25.5 Å². The minimum atomic E-state index is -0.277. The molecule has 0 bridgehead atoms. The van der Waals surface area contributed by atoms with Crippen LogP contribution in [-0.4, -0.2) is 13.2 Å². The van der Waals surface area contributed by atoms with Crippen LogP contribution < -0.4 is 10.1 Å². The van der Waals surface area contributed by atoms with Crippen molar-refractivity contribution in [2.75, 3.05) is 7.05 Å². The Morgan fingerprint density at radius 1 is 1.40 bits per heavy atom. The van der Waals surface area contributed by atoms with Crippen LogP contribution in [0.4, 0.5) is 0 Å². The van der Waals surface area contributed by atoms with Crippen molar-refractivity contribution in [3.63, 3.8) is 0 Å². The summed E-state index contributed by atoms with van der Waals surface area (Å²) in [6, 6.07) is 9.51. The standard InChI is InChI=1S/C12H16N2O/c1-9(2)15-11-6-4-5-10(7-11)12(8-13)14-3/h4-7,9,12,14H,1-3H3. The molecular formula is C12H16N2O. The fraction of sp³-hybridized carbons (Fsp3) is 0.417. The van der Waals surface area contributed by atoms with Crippen LogP contribution >= 0.6 is 0 Å². The molecular weight excluding hydrogens is 188 g/mol. The molecule has 1 atom stereocenters. The average Bonchev–Trinajstić information content (AvgIpc) is 2.19. The first-order chi connectivity index (χ1) is 7.17. The topological polar surface area (TPSA) is 45.0 Å². The van der Waals surface area contributed by atoms with Crippen molar-refractivity contribution in [2.45, 2.75) is 26.0 Å². The van der Waals surface area contributed by atoms with Gasteiger partial charge in [0.05, 0.1) is 12.2 Å². The Labute approximate surface area is 90.7 Å². The highest BCUT2D eigenvalue weighted by Crippen LogP contribution is 2.19. The molecule has 0 saturated heterocycles. The lowest BCUT2D eigenvalue weighted by atomic mass is 10.1. The molecule has 3 nitrogen and oxygen atoms in total. The molecule has 3 heteroatoms. The van der Waals surface area contributed by atoms with Crippen LogP contribution in [0.5, 0.6) is 5.75 Å². The predicted octanol–water partition coefficient (Wildman–Crippen LogP) is 2.26. The van der Waals surface area contributed by atoms with E-state index in [4.69, 9.17) is 10.00 Å². The third-order valence-corrected chi connectivity index (χ3v) is 1.98. The molecule has 0 radical (unpaired) electrons. The van der Waals surface area contributed by atoms with E-state index >= 15 is 0 Å². The van der Waals surface area contributed by atoms with Gasteiger partial charge in [0, 0.05) is 0 Å². The van der Waals surface area contributed by atoms with Crippen LogP contribution in [0.2, 0.25) is 0 Å². The quantitative estimate of drug-likeness (QED) is 0.818. The van der Waals surface area contributed by atoms with E-state index in [2.05, 4.69) is 11.4 Å². The minimum Gasteiger partial charge on any atom is -0.491 e. The summed E-state index contributed by atoms with van der Waals surface area (Å²) in [5, 5.41) is 11.8. The van der Waals surface area contributed by atoms with Crippen LogP contribution in [0.3, 0.4) is 0 Å². The predicted molar refractivity (Wildman–Crippen MR) is 59.6 cm³/mol. The van der Waals surface area contributed by atoms with Gasteiger partial charge in [-0.2, -0.15) is 5.26 Å². The smallest absolute Gasteiger partial charge is 0.121 e. The molecule has 0 saturated carbocycles. The highest BCUT2D eigenvalue weighted by molar-refractivity contribution is 5.33. The van der Waals surface area contributed by atoms with Crippen molar-refractivity contribution in [3.05, 3.63) is 29.8 Å². The summed E-state index contributed by atoms with van der Waals surface area (Å²) in [6.07, 6.45) is 0.148. The first kappa shape index (κ1) is 11.5. The Morgan fingerprint density at radius 2 is 2.13 bits per heavy atom. The normalized spacial score (nSPS) is 12.2. The summed E-state index contributed by atoms with van der Waals surface area (Å²) in [5.41, 5.74) is 0.929. The van der Waals surface area contributed by atoms with Gasteiger partial charge in [0.2, 0.25) is 0 Å². The summed E-state index contributed by atoms with van der Waals surface area (Å²) < 4.78 is 5.56. The van der Waals surface area contributed by atoms with Gasteiger partial charge in [0.15, 0.2) is 0 Å². The second-order valence-corrected chi connectivity index (χ2v) is 3.59. The van der Waals surface area contributed by atoms with Crippen LogP contribution in [0, 0.1) is 11.3 Å². The summed E-state index contributed by atoms with van der Waals surface area (Å²) >= 11 is 0. The van der Waals surface area contributed by atoms with Gasteiger partial charge in [-0.3, -0.25) is 0 Å². The Balaban J connectivity index is 2.87. The third-order valence-electron chi connectivity index (χ3n) is 1.98. The fourth-order valence-electron chi connectivity index (χ4n) is 1.35. The molecule has 1 aromatic carbocycles. The van der Waals surface area contributed by atoms with E-state index in [1.807, 2.05) is 38.1 Å². The van der Waals surface area contributed by atoms with Gasteiger partial charge in [0.25, 0.3) is 0 Å². The maximum atomic E-state index is 8.90. The monoisotopic (exact) mass is 204 g/mol. The summed E-state index contributed by atoms with van der Waals surface area (Å²) in [5.74, 6) is 0.804. The lowest BCUT2D eigenvalue weighted by molar-refractivity contribution is 0.242. The van der Waals surface area contributed by atoms with E-state index in [1.54, 1.807) is 7.05 Å². The molecule has 0 aliphatic rings. The van der Waals surface area contributed by atoms with Crippen molar-refractivity contribution in [2.24, 2.45) is 0 Å². The number of nitrogens with one attached hydrogen (secondary N) is 1. The molecule has 1 aromatic rings. The molecule has 0 heterocycles. The van der Waals surface area contributed by atoms with Gasteiger partial charge in [-0.1, -0.05) is 12.1 Å². The Kier molecular flexibility index (Phi) is 4.14. The zero-order chi connectivity index (χ0) is 11.3. The number of hydrogen-bond acceptors (Lipinski definition) is 3. The largest absolute Gasteiger partial charge is 0.491 e. The van der Waals surface area contributed by atoms with E-state index in [0.717, 1.165) is 11.3 Å². The first-order valence-electron chi connectivity index (χ1n) is 5.01. The number of hydrogen-bond donors (Lipinski definition) is 1. The fourth-order valence-corrected chi connectivity index (χ4v) is 1.35. The minimum absolute atomic E-state index is 0.148. The van der Waals surface area contributed by atoms with E-state index in [0.29, 0.717) is 0 Å². The lowest BCUT2D eigenvalue weighted by Gasteiger charge is -2.12. The number of ether oxygens (including phenoxy) is 1. The zero-order valence-corrected chi connectivity index (χ0v) is 9.32. The Morgan fingerprint density at radius 3 is 2.67 bits per heavy atom. The van der Waals surface area contributed by atoms with Crippen molar-refractivity contribution in [1.29, 1.82) is 5.26 Å². The lowest BCUT2D eigenvalue weighted by Crippen LogP contribution is -2.14. The maximum Gasteiger partial charge on any atom is 0.121 e. The SMILES string of the molecule is CNC(C#N)c1cccc(OC(C)C)c1. The van der Waals surface area contributed by atoms with Gasteiger partial charge >= 0.3 is 0 Å². The molecule has 0 aliphatic heterocycles. The van der Waals surface area contributed by atoms with Gasteiger partial charge in [0.1, 0.15) is 11.8 Å². The van der Waals surface area contributed by atoms with Crippen LogP contribution in [-0.2, 0) is 0 Å². The van der Waals surface area contributed by atoms with Crippen molar-refractivity contribution in [1.82, 2.24) is 5.32 Å². The summed E-state index contributed by atoms with van der Waals surface area (Å²) in [6.45, 7) is 3.96. The number of nitriles is 1. The highest BCUT2D eigenvalue weighted by Gasteiger charge is 2.08. The molecule has 1 N–H and O–H groups in total. The molecule has 0 spiro atoms. The average molecular weight is 204 g/mol. The van der Waals surface area contributed by atoms with E-state index in [-0.39, 0.29) is 12.1 Å². The van der Waals surface area contributed by atoms with Gasteiger partial charge in [-0.15, -0.1) is 0 Å². The van der Waals surface area contributed by atoms with Gasteiger partial charge < -0.3 is 10.1 Å². The Bertz CT molecular complexity index is 355. The van der Waals surface area contributed by atoms with E-state index < -0.39 is 0 Å². The molecule has 0 fully saturated rings. The second-order valence-electron chi connectivity index (χ2n) is 3.59. The van der Waals surface area contributed by atoms with Crippen molar-refractivity contribution in [3.8, 4) is 11.8 Å². The number of nitrogens with zero attached hydrogens (tertiary/aromatic N) is 1. The maximum absolute atomic E-state index is 8.90. The molecule has 0 amide bonds. The molecule has 0 aliphatic carbocycles. The summed E-state index contributed by atoms with van der Waals surface area (Å²) in [7, 11) is 1.77. The molecule has 80 valence electrons. The number of benzene rings is 1. The molecule has 15 heavy (non-hydrogen) atoms. The van der Waals surface area contributed by atoms with Crippen LogP contribution in [0.15, 0.2) is 24.3 Å². The van der Waals surface area contributed by atoms with Crippen molar-refractivity contribution >= 4 is 0 Å². The molecule has 0 aromatic heterocycles. The van der Waals surface area contributed by atoms with Gasteiger partial charge in [-0.05, 0) is 38.6 Å².